The SMILES string of the molecule is C#CCNOC(=O)CC(C)(C)C. The van der Waals surface area contributed by atoms with E-state index in [2.05, 4.69) is 16.2 Å². The van der Waals surface area contributed by atoms with Crippen LogP contribution in [-0.2, 0) is 9.63 Å². The molecule has 0 aliphatic heterocycles. The van der Waals surface area contributed by atoms with Gasteiger partial charge in [-0.05, 0) is 5.41 Å². The summed E-state index contributed by atoms with van der Waals surface area (Å²) in [5, 5.41) is 0. The molecule has 0 saturated heterocycles. The number of hydroxylamine groups is 1. The monoisotopic (exact) mass is 169 g/mol. The van der Waals surface area contributed by atoms with Gasteiger partial charge in [-0.2, -0.15) is 0 Å². The van der Waals surface area contributed by atoms with E-state index in [9.17, 15) is 4.79 Å². The summed E-state index contributed by atoms with van der Waals surface area (Å²) in [4.78, 5) is 15.6. The van der Waals surface area contributed by atoms with E-state index < -0.39 is 0 Å². The van der Waals surface area contributed by atoms with Crippen molar-refractivity contribution in [1.82, 2.24) is 5.48 Å². The minimum absolute atomic E-state index is 0.0467. The van der Waals surface area contributed by atoms with Crippen molar-refractivity contribution in [2.24, 2.45) is 5.41 Å². The Balaban J connectivity index is 3.56. The molecule has 0 aromatic rings. The van der Waals surface area contributed by atoms with Gasteiger partial charge in [-0.3, -0.25) is 4.79 Å². The van der Waals surface area contributed by atoms with Gasteiger partial charge >= 0.3 is 5.97 Å². The molecule has 0 bridgehead atoms. The van der Waals surface area contributed by atoms with Crippen molar-refractivity contribution in [3.05, 3.63) is 0 Å². The molecular weight excluding hydrogens is 154 g/mol. The van der Waals surface area contributed by atoms with Crippen molar-refractivity contribution in [1.29, 1.82) is 0 Å². The first-order chi connectivity index (χ1) is 5.45. The Hall–Kier alpha value is -1.01. The van der Waals surface area contributed by atoms with Gasteiger partial charge in [0.25, 0.3) is 0 Å². The molecule has 0 heterocycles. The van der Waals surface area contributed by atoms with Crippen LogP contribution in [0, 0.1) is 17.8 Å². The van der Waals surface area contributed by atoms with E-state index in [-0.39, 0.29) is 17.9 Å². The molecule has 0 fully saturated rings. The predicted molar refractivity (Wildman–Crippen MR) is 47.0 cm³/mol. The van der Waals surface area contributed by atoms with Crippen LogP contribution >= 0.6 is 0 Å². The Morgan fingerprint density at radius 1 is 1.58 bits per heavy atom. The summed E-state index contributed by atoms with van der Waals surface area (Å²) in [7, 11) is 0. The molecular formula is C9H15NO2. The summed E-state index contributed by atoms with van der Waals surface area (Å²) in [5.74, 6) is 2.02. The Kier molecular flexibility index (Phi) is 4.38. The molecule has 0 radical (unpaired) electrons. The summed E-state index contributed by atoms with van der Waals surface area (Å²) >= 11 is 0. The molecule has 0 aliphatic rings. The third-order valence-electron chi connectivity index (χ3n) is 1.03. The lowest BCUT2D eigenvalue weighted by atomic mass is 9.93. The highest BCUT2D eigenvalue weighted by atomic mass is 16.7. The van der Waals surface area contributed by atoms with Crippen LogP contribution in [0.1, 0.15) is 27.2 Å². The molecule has 0 amide bonds. The Morgan fingerprint density at radius 2 is 2.17 bits per heavy atom. The van der Waals surface area contributed by atoms with Crippen LogP contribution in [0.4, 0.5) is 0 Å². The molecule has 3 nitrogen and oxygen atoms in total. The van der Waals surface area contributed by atoms with Crippen molar-refractivity contribution in [3.8, 4) is 12.3 Å². The molecule has 0 aromatic carbocycles. The summed E-state index contributed by atoms with van der Waals surface area (Å²) < 4.78 is 0. The van der Waals surface area contributed by atoms with Gasteiger partial charge in [-0.25, -0.2) is 0 Å². The van der Waals surface area contributed by atoms with E-state index in [0.29, 0.717) is 6.42 Å². The van der Waals surface area contributed by atoms with Crippen LogP contribution in [0.15, 0.2) is 0 Å². The minimum atomic E-state index is -0.280. The zero-order valence-corrected chi connectivity index (χ0v) is 7.81. The fraction of sp³-hybridized carbons (Fsp3) is 0.667. The van der Waals surface area contributed by atoms with Crippen LogP contribution < -0.4 is 5.48 Å². The van der Waals surface area contributed by atoms with Crippen molar-refractivity contribution in [3.63, 3.8) is 0 Å². The van der Waals surface area contributed by atoms with E-state index in [1.165, 1.54) is 0 Å². The third kappa shape index (κ3) is 7.10. The van der Waals surface area contributed by atoms with E-state index in [1.54, 1.807) is 0 Å². The molecule has 0 saturated carbocycles. The first-order valence-electron chi connectivity index (χ1n) is 3.82. The van der Waals surface area contributed by atoms with Crippen LogP contribution in [0.5, 0.6) is 0 Å². The number of terminal acetylenes is 1. The van der Waals surface area contributed by atoms with Crippen molar-refractivity contribution < 1.29 is 9.63 Å². The number of carbonyl (C=O) groups is 1. The van der Waals surface area contributed by atoms with Gasteiger partial charge in [0, 0.05) is 0 Å². The van der Waals surface area contributed by atoms with Crippen molar-refractivity contribution in [2.45, 2.75) is 27.2 Å². The van der Waals surface area contributed by atoms with Gasteiger partial charge in [0.15, 0.2) is 0 Å². The second-order valence-electron chi connectivity index (χ2n) is 3.74. The van der Waals surface area contributed by atoms with Crippen LogP contribution in [0.25, 0.3) is 0 Å². The Bertz CT molecular complexity index is 186. The molecule has 0 aromatic heterocycles. The molecule has 0 unspecified atom stereocenters. The highest BCUT2D eigenvalue weighted by molar-refractivity contribution is 5.69. The quantitative estimate of drug-likeness (QED) is 0.390. The molecule has 68 valence electrons. The molecule has 12 heavy (non-hydrogen) atoms. The maximum Gasteiger partial charge on any atom is 0.325 e. The van der Waals surface area contributed by atoms with Gasteiger partial charge in [0.05, 0.1) is 13.0 Å². The molecule has 0 spiro atoms. The smallest absolute Gasteiger partial charge is 0.325 e. The maximum atomic E-state index is 11.0. The van der Waals surface area contributed by atoms with E-state index in [0.717, 1.165) is 0 Å². The van der Waals surface area contributed by atoms with Gasteiger partial charge in [-0.1, -0.05) is 26.7 Å². The lowest BCUT2D eigenvalue weighted by molar-refractivity contribution is -0.152. The molecule has 0 aliphatic carbocycles. The minimum Gasteiger partial charge on any atom is -0.370 e. The Labute approximate surface area is 73.4 Å². The van der Waals surface area contributed by atoms with E-state index in [1.807, 2.05) is 20.8 Å². The molecule has 3 heteroatoms. The van der Waals surface area contributed by atoms with Crippen molar-refractivity contribution >= 4 is 5.97 Å². The normalized spacial score (nSPS) is 10.5. The topological polar surface area (TPSA) is 38.3 Å². The fourth-order valence-electron chi connectivity index (χ4n) is 0.627. The van der Waals surface area contributed by atoms with Gasteiger partial charge in [0.1, 0.15) is 0 Å². The van der Waals surface area contributed by atoms with Gasteiger partial charge < -0.3 is 4.84 Å². The summed E-state index contributed by atoms with van der Waals surface area (Å²) in [6, 6.07) is 0. The number of hydrogen-bond donors (Lipinski definition) is 1. The molecule has 0 rings (SSSR count). The number of nitrogens with one attached hydrogen (secondary N) is 1. The Morgan fingerprint density at radius 3 is 2.58 bits per heavy atom. The zero-order valence-electron chi connectivity index (χ0n) is 7.81. The van der Waals surface area contributed by atoms with Crippen LogP contribution in [-0.4, -0.2) is 12.5 Å². The van der Waals surface area contributed by atoms with Crippen LogP contribution in [0.2, 0.25) is 0 Å². The molecule has 1 N–H and O–H groups in total. The maximum absolute atomic E-state index is 11.0. The first-order valence-corrected chi connectivity index (χ1v) is 3.82. The number of rotatable bonds is 3. The third-order valence-corrected chi connectivity index (χ3v) is 1.03. The standard InChI is InChI=1S/C9H15NO2/c1-5-6-10-12-8(11)7-9(2,3)4/h1,10H,6-7H2,2-4H3. The summed E-state index contributed by atoms with van der Waals surface area (Å²) in [6.07, 6.45) is 5.32. The van der Waals surface area contributed by atoms with Gasteiger partial charge in [0.2, 0.25) is 0 Å². The lowest BCUT2D eigenvalue weighted by Crippen LogP contribution is -2.23. The summed E-state index contributed by atoms with van der Waals surface area (Å²) in [6.45, 7) is 6.15. The highest BCUT2D eigenvalue weighted by Crippen LogP contribution is 2.18. The average molecular weight is 169 g/mol. The average Bonchev–Trinajstić information content (AvgIpc) is 1.84. The number of hydrogen-bond acceptors (Lipinski definition) is 3. The summed E-state index contributed by atoms with van der Waals surface area (Å²) in [5.41, 5.74) is 2.33. The highest BCUT2D eigenvalue weighted by Gasteiger charge is 2.16. The first kappa shape index (κ1) is 11.0. The fourth-order valence-corrected chi connectivity index (χ4v) is 0.627. The second kappa shape index (κ2) is 4.78. The molecule has 0 atom stereocenters. The van der Waals surface area contributed by atoms with Crippen LogP contribution in [0.3, 0.4) is 0 Å². The second-order valence-corrected chi connectivity index (χ2v) is 3.74. The number of carbonyl (C=O) groups excluding carboxylic acids is 1. The van der Waals surface area contributed by atoms with E-state index >= 15 is 0 Å². The van der Waals surface area contributed by atoms with E-state index in [4.69, 9.17) is 6.42 Å². The lowest BCUT2D eigenvalue weighted by Gasteiger charge is -2.15. The predicted octanol–water partition coefficient (Wildman–Crippen LogP) is 1.10. The largest absolute Gasteiger partial charge is 0.370 e. The zero-order chi connectivity index (χ0) is 9.61. The van der Waals surface area contributed by atoms with Crippen molar-refractivity contribution in [2.75, 3.05) is 6.54 Å². The van der Waals surface area contributed by atoms with Gasteiger partial charge in [-0.15, -0.1) is 11.9 Å².